The van der Waals surface area contributed by atoms with Crippen LogP contribution in [0.5, 0.6) is 5.75 Å². The molecule has 0 saturated heterocycles. The Hall–Kier alpha value is -2.98. The van der Waals surface area contributed by atoms with E-state index in [-0.39, 0.29) is 22.2 Å². The molecule has 2 aromatic carbocycles. The first-order valence-corrected chi connectivity index (χ1v) is 12.5. The van der Waals surface area contributed by atoms with Crippen LogP contribution in [-0.4, -0.2) is 37.2 Å². The number of sulfonamides is 1. The van der Waals surface area contributed by atoms with Gasteiger partial charge in [0.05, 0.1) is 17.8 Å². The van der Waals surface area contributed by atoms with Gasteiger partial charge in [0.25, 0.3) is 10.0 Å². The van der Waals surface area contributed by atoms with Crippen LogP contribution in [0.15, 0.2) is 46.1 Å². The smallest absolute Gasteiger partial charge is 0.335 e. The van der Waals surface area contributed by atoms with E-state index in [1.165, 1.54) is 19.1 Å². The number of aryl methyl sites for hydroxylation is 3. The zero-order valence-electron chi connectivity index (χ0n) is 18.7. The predicted molar refractivity (Wildman–Crippen MR) is 126 cm³/mol. The van der Waals surface area contributed by atoms with Gasteiger partial charge < -0.3 is 9.84 Å². The number of nitrogens with zero attached hydrogens (tertiary/aromatic N) is 2. The lowest BCUT2D eigenvalue weighted by molar-refractivity contribution is 0.0697. The molecule has 0 aliphatic carbocycles. The lowest BCUT2D eigenvalue weighted by Gasteiger charge is -2.27. The van der Waals surface area contributed by atoms with Gasteiger partial charge in [-0.3, -0.25) is 4.31 Å². The maximum absolute atomic E-state index is 14.2. The molecule has 0 aliphatic heterocycles. The van der Waals surface area contributed by atoms with Crippen LogP contribution in [0.3, 0.4) is 0 Å². The number of aromatic carboxylic acids is 1. The number of ether oxygens (including phenoxy) is 1. The molecule has 0 amide bonds. The molecule has 1 aromatic heterocycles. The van der Waals surface area contributed by atoms with Crippen LogP contribution in [0.25, 0.3) is 0 Å². The highest BCUT2D eigenvalue weighted by atomic mass is 32.2. The Kier molecular flexibility index (Phi) is 7.38. The van der Waals surface area contributed by atoms with Gasteiger partial charge in [-0.1, -0.05) is 18.2 Å². The van der Waals surface area contributed by atoms with E-state index < -0.39 is 28.7 Å². The fraction of sp³-hybridized carbons (Fsp3) is 0.304. The highest BCUT2D eigenvalue weighted by Crippen LogP contribution is 2.38. The minimum absolute atomic E-state index is 0.0756. The van der Waals surface area contributed by atoms with Gasteiger partial charge in [0.15, 0.2) is 0 Å². The van der Waals surface area contributed by atoms with Crippen LogP contribution in [0.4, 0.5) is 10.1 Å². The Morgan fingerprint density at radius 2 is 1.88 bits per heavy atom. The van der Waals surface area contributed by atoms with Crippen molar-refractivity contribution in [2.75, 3.05) is 10.8 Å². The van der Waals surface area contributed by atoms with Crippen molar-refractivity contribution in [2.24, 2.45) is 0 Å². The summed E-state index contributed by atoms with van der Waals surface area (Å²) in [5, 5.41) is 10.7. The molecule has 3 aromatic rings. The van der Waals surface area contributed by atoms with Crippen molar-refractivity contribution < 1.29 is 27.4 Å². The Labute approximate surface area is 196 Å². The van der Waals surface area contributed by atoms with Crippen molar-refractivity contribution in [1.29, 1.82) is 0 Å². The Morgan fingerprint density at radius 3 is 2.42 bits per heavy atom. The lowest BCUT2D eigenvalue weighted by Crippen LogP contribution is -2.36. The number of hydrogen-bond donors (Lipinski definition) is 1. The molecule has 0 spiro atoms. The number of carbonyl (C=O) groups is 1. The van der Waals surface area contributed by atoms with Gasteiger partial charge in [-0.25, -0.2) is 14.2 Å². The molecule has 1 N–H and O–H groups in total. The SMILES string of the molecule is Cc1cc(C)c(OCc2ccc(C(=O)O)cc2)c(N(CC(C)F)S(=O)(=O)c2nc(C)cs2)c1. The zero-order valence-corrected chi connectivity index (χ0v) is 20.3. The third kappa shape index (κ3) is 5.69. The van der Waals surface area contributed by atoms with Crippen LogP contribution in [-0.2, 0) is 16.6 Å². The summed E-state index contributed by atoms with van der Waals surface area (Å²) in [7, 11) is -4.13. The van der Waals surface area contributed by atoms with Crippen molar-refractivity contribution in [3.05, 3.63) is 69.7 Å². The second kappa shape index (κ2) is 9.88. The minimum Gasteiger partial charge on any atom is -0.486 e. The number of halogens is 1. The minimum atomic E-state index is -4.13. The molecule has 0 saturated carbocycles. The van der Waals surface area contributed by atoms with Crippen LogP contribution in [0, 0.1) is 20.8 Å². The Bertz CT molecular complexity index is 1250. The molecule has 33 heavy (non-hydrogen) atoms. The second-order valence-corrected chi connectivity index (χ2v) is 10.7. The number of thiazole rings is 1. The molecule has 0 radical (unpaired) electrons. The van der Waals surface area contributed by atoms with Crippen LogP contribution in [0.1, 0.15) is 39.7 Å². The van der Waals surface area contributed by atoms with Gasteiger partial charge in [-0.2, -0.15) is 8.42 Å². The van der Waals surface area contributed by atoms with E-state index in [0.29, 0.717) is 22.6 Å². The summed E-state index contributed by atoms with van der Waals surface area (Å²) in [6.07, 6.45) is -1.43. The summed E-state index contributed by atoms with van der Waals surface area (Å²) < 4.78 is 47.9. The number of aromatic nitrogens is 1. The molecular weight excluding hydrogens is 467 g/mol. The Balaban J connectivity index is 2.03. The fourth-order valence-corrected chi connectivity index (χ4v) is 5.97. The average Bonchev–Trinajstić information content (AvgIpc) is 3.18. The number of rotatable bonds is 9. The summed E-state index contributed by atoms with van der Waals surface area (Å²) in [5.74, 6) is -0.724. The first kappa shape index (κ1) is 24.7. The van der Waals surface area contributed by atoms with Gasteiger partial charge in [-0.15, -0.1) is 11.3 Å². The third-order valence-corrected chi connectivity index (χ3v) is 7.91. The first-order valence-electron chi connectivity index (χ1n) is 10.1. The number of hydrogen-bond acceptors (Lipinski definition) is 6. The van der Waals surface area contributed by atoms with Crippen LogP contribution < -0.4 is 9.04 Å². The van der Waals surface area contributed by atoms with Gasteiger partial charge in [-0.05, 0) is 62.6 Å². The highest BCUT2D eigenvalue weighted by Gasteiger charge is 2.32. The van der Waals surface area contributed by atoms with E-state index in [1.54, 1.807) is 37.4 Å². The van der Waals surface area contributed by atoms with E-state index in [2.05, 4.69) is 4.98 Å². The van der Waals surface area contributed by atoms with E-state index in [0.717, 1.165) is 21.2 Å². The maximum atomic E-state index is 14.2. The molecule has 1 atom stereocenters. The molecule has 1 unspecified atom stereocenters. The highest BCUT2D eigenvalue weighted by molar-refractivity contribution is 7.94. The largest absolute Gasteiger partial charge is 0.486 e. The molecule has 0 bridgehead atoms. The van der Waals surface area contributed by atoms with Gasteiger partial charge in [0.1, 0.15) is 18.5 Å². The quantitative estimate of drug-likeness (QED) is 0.456. The molecule has 10 heteroatoms. The predicted octanol–water partition coefficient (Wildman–Crippen LogP) is 4.90. The first-order chi connectivity index (χ1) is 15.5. The third-order valence-electron chi connectivity index (χ3n) is 4.78. The summed E-state index contributed by atoms with van der Waals surface area (Å²) in [6.45, 7) is 6.28. The molecule has 0 aliphatic rings. The fourth-order valence-electron chi connectivity index (χ4n) is 3.30. The van der Waals surface area contributed by atoms with E-state index in [4.69, 9.17) is 9.84 Å². The van der Waals surface area contributed by atoms with E-state index in [1.807, 2.05) is 13.0 Å². The average molecular weight is 493 g/mol. The van der Waals surface area contributed by atoms with Crippen molar-refractivity contribution >= 4 is 33.0 Å². The summed E-state index contributed by atoms with van der Waals surface area (Å²) in [6, 6.07) is 9.69. The molecule has 0 fully saturated rings. The molecule has 3 rings (SSSR count). The Morgan fingerprint density at radius 1 is 1.21 bits per heavy atom. The summed E-state index contributed by atoms with van der Waals surface area (Å²) in [5.41, 5.74) is 3.13. The standard InChI is InChI=1S/C23H25FN2O5S2/c1-14-9-15(2)21(31-12-18-5-7-19(8-6-18)22(27)28)20(10-14)26(11-16(3)24)33(29,30)23-25-17(4)13-32-23/h5-10,13,16H,11-12H2,1-4H3,(H,27,28). The van der Waals surface area contributed by atoms with Crippen LogP contribution in [0.2, 0.25) is 0 Å². The second-order valence-electron chi connectivity index (χ2n) is 7.79. The van der Waals surface area contributed by atoms with Crippen molar-refractivity contribution in [3.63, 3.8) is 0 Å². The number of alkyl halides is 1. The normalized spacial score (nSPS) is 12.4. The van der Waals surface area contributed by atoms with Gasteiger partial charge in [0, 0.05) is 11.1 Å². The van der Waals surface area contributed by atoms with Crippen molar-refractivity contribution in [3.8, 4) is 5.75 Å². The van der Waals surface area contributed by atoms with Crippen LogP contribution >= 0.6 is 11.3 Å². The molecule has 176 valence electrons. The number of anilines is 1. The van der Waals surface area contributed by atoms with Gasteiger partial charge in [0.2, 0.25) is 4.34 Å². The van der Waals surface area contributed by atoms with Crippen molar-refractivity contribution in [1.82, 2.24) is 4.98 Å². The maximum Gasteiger partial charge on any atom is 0.335 e. The molecular formula is C23H25FN2O5S2. The van der Waals surface area contributed by atoms with Crippen molar-refractivity contribution in [2.45, 2.75) is 44.8 Å². The number of carboxylic acids is 1. The topological polar surface area (TPSA) is 96.8 Å². The summed E-state index contributed by atoms with van der Waals surface area (Å²) in [4.78, 5) is 15.2. The molecule has 1 heterocycles. The lowest BCUT2D eigenvalue weighted by atomic mass is 10.1. The monoisotopic (exact) mass is 492 g/mol. The summed E-state index contributed by atoms with van der Waals surface area (Å²) >= 11 is 0.983. The number of carboxylic acid groups (broad SMARTS) is 1. The zero-order chi connectivity index (χ0) is 24.3. The van der Waals surface area contributed by atoms with E-state index in [9.17, 15) is 17.6 Å². The number of benzene rings is 2. The van der Waals surface area contributed by atoms with Gasteiger partial charge >= 0.3 is 5.97 Å². The van der Waals surface area contributed by atoms with E-state index >= 15 is 0 Å². The molecule has 7 nitrogen and oxygen atoms in total.